The Morgan fingerprint density at radius 3 is 2.25 bits per heavy atom. The van der Waals surface area contributed by atoms with Crippen LogP contribution in [0.5, 0.6) is 5.75 Å². The zero-order valence-electron chi connectivity index (χ0n) is 13.4. The average Bonchev–Trinajstić information content (AvgIpc) is 2.36. The van der Waals surface area contributed by atoms with Crippen molar-refractivity contribution < 1.29 is 9.84 Å². The minimum Gasteiger partial charge on any atom is -0.491 e. The third kappa shape index (κ3) is 5.93. The maximum Gasteiger partial charge on any atom is 0.119 e. The maximum atomic E-state index is 9.04. The quantitative estimate of drug-likeness (QED) is 0.765. The molecule has 0 fully saturated rings. The van der Waals surface area contributed by atoms with E-state index in [1.165, 1.54) is 5.56 Å². The number of hydrogen-bond acceptors (Lipinski definition) is 3. The van der Waals surface area contributed by atoms with Gasteiger partial charge in [0.2, 0.25) is 0 Å². The molecule has 1 unspecified atom stereocenters. The molecule has 0 saturated heterocycles. The van der Waals surface area contributed by atoms with Gasteiger partial charge in [0.05, 0.1) is 6.10 Å². The molecule has 1 atom stereocenters. The van der Waals surface area contributed by atoms with E-state index in [9.17, 15) is 0 Å². The van der Waals surface area contributed by atoms with Crippen molar-refractivity contribution in [3.8, 4) is 5.75 Å². The fourth-order valence-electron chi connectivity index (χ4n) is 2.05. The average molecular weight is 279 g/mol. The first-order valence-electron chi connectivity index (χ1n) is 7.45. The summed E-state index contributed by atoms with van der Waals surface area (Å²) in [6.45, 7) is 11.7. The minimum absolute atomic E-state index is 0.115. The zero-order valence-corrected chi connectivity index (χ0v) is 13.4. The first kappa shape index (κ1) is 17.0. The van der Waals surface area contributed by atoms with Gasteiger partial charge in [0.15, 0.2) is 0 Å². The van der Waals surface area contributed by atoms with Crippen LogP contribution in [-0.4, -0.2) is 24.4 Å². The molecule has 0 bridgehead atoms. The molecule has 1 aromatic rings. The topological polar surface area (TPSA) is 41.5 Å². The zero-order chi connectivity index (χ0) is 15.2. The predicted molar refractivity (Wildman–Crippen MR) is 84.1 cm³/mol. The molecule has 0 radical (unpaired) electrons. The van der Waals surface area contributed by atoms with Crippen molar-refractivity contribution in [2.45, 2.75) is 53.2 Å². The van der Waals surface area contributed by atoms with Gasteiger partial charge >= 0.3 is 0 Å². The molecule has 3 heteroatoms. The van der Waals surface area contributed by atoms with Gasteiger partial charge < -0.3 is 15.2 Å². The second kappa shape index (κ2) is 7.65. The first-order chi connectivity index (χ1) is 9.34. The van der Waals surface area contributed by atoms with E-state index in [0.29, 0.717) is 6.04 Å². The summed E-state index contributed by atoms with van der Waals surface area (Å²) in [5, 5.41) is 12.6. The number of benzene rings is 1. The van der Waals surface area contributed by atoms with Gasteiger partial charge in [-0.2, -0.15) is 0 Å². The van der Waals surface area contributed by atoms with Gasteiger partial charge in [-0.1, -0.05) is 26.0 Å². The number of aliphatic hydroxyl groups excluding tert-OH is 1. The summed E-state index contributed by atoms with van der Waals surface area (Å²) in [5.41, 5.74) is 1.37. The van der Waals surface area contributed by atoms with Gasteiger partial charge in [-0.05, 0) is 50.3 Å². The lowest BCUT2D eigenvalue weighted by atomic mass is 9.89. The van der Waals surface area contributed by atoms with E-state index in [-0.39, 0.29) is 18.1 Å². The van der Waals surface area contributed by atoms with E-state index >= 15 is 0 Å². The third-order valence-corrected chi connectivity index (χ3v) is 3.43. The highest BCUT2D eigenvalue weighted by Gasteiger charge is 2.18. The molecule has 1 aromatic carbocycles. The van der Waals surface area contributed by atoms with Crippen LogP contribution in [0.4, 0.5) is 0 Å². The molecule has 20 heavy (non-hydrogen) atoms. The smallest absolute Gasteiger partial charge is 0.119 e. The van der Waals surface area contributed by atoms with E-state index < -0.39 is 0 Å². The Hall–Kier alpha value is -1.06. The van der Waals surface area contributed by atoms with Crippen molar-refractivity contribution in [1.82, 2.24) is 5.32 Å². The lowest BCUT2D eigenvalue weighted by molar-refractivity contribution is 0.203. The molecule has 0 spiro atoms. The lowest BCUT2D eigenvalue weighted by Crippen LogP contribution is -2.32. The standard InChI is InChI=1S/C17H29NO2/c1-13(2)20-16-8-6-15(7-9-16)14(3)18-12-17(4,5)10-11-19/h6-9,13-14,18-19H,10-12H2,1-5H3. The Morgan fingerprint density at radius 2 is 1.75 bits per heavy atom. The number of aliphatic hydroxyl groups is 1. The van der Waals surface area contributed by atoms with E-state index in [4.69, 9.17) is 9.84 Å². The Balaban J connectivity index is 2.53. The number of nitrogens with one attached hydrogen (secondary N) is 1. The van der Waals surface area contributed by atoms with Gasteiger partial charge in [0, 0.05) is 19.2 Å². The highest BCUT2D eigenvalue weighted by Crippen LogP contribution is 2.22. The highest BCUT2D eigenvalue weighted by molar-refractivity contribution is 5.29. The van der Waals surface area contributed by atoms with Crippen LogP contribution < -0.4 is 10.1 Å². The minimum atomic E-state index is 0.115. The summed E-state index contributed by atoms with van der Waals surface area (Å²) in [6.07, 6.45) is 1.02. The van der Waals surface area contributed by atoms with Crippen LogP contribution >= 0.6 is 0 Å². The normalized spacial score (nSPS) is 13.6. The molecular weight excluding hydrogens is 250 g/mol. The van der Waals surface area contributed by atoms with Crippen LogP contribution in [0.1, 0.15) is 52.6 Å². The van der Waals surface area contributed by atoms with Gasteiger partial charge in [-0.25, -0.2) is 0 Å². The van der Waals surface area contributed by atoms with Gasteiger partial charge in [-0.3, -0.25) is 0 Å². The second-order valence-electron chi connectivity index (χ2n) is 6.48. The first-order valence-corrected chi connectivity index (χ1v) is 7.45. The van der Waals surface area contributed by atoms with E-state index in [0.717, 1.165) is 18.7 Å². The number of ether oxygens (including phenoxy) is 1. The van der Waals surface area contributed by atoms with Crippen LogP contribution in [-0.2, 0) is 0 Å². The molecule has 0 saturated carbocycles. The fraction of sp³-hybridized carbons (Fsp3) is 0.647. The summed E-state index contributed by atoms with van der Waals surface area (Å²) in [4.78, 5) is 0. The summed E-state index contributed by atoms with van der Waals surface area (Å²) in [7, 11) is 0. The maximum absolute atomic E-state index is 9.04. The SMILES string of the molecule is CC(C)Oc1ccc(C(C)NCC(C)(C)CCO)cc1. The Morgan fingerprint density at radius 1 is 1.15 bits per heavy atom. The summed E-state index contributed by atoms with van der Waals surface area (Å²) < 4.78 is 5.65. The summed E-state index contributed by atoms with van der Waals surface area (Å²) in [5.74, 6) is 0.913. The van der Waals surface area contributed by atoms with E-state index in [1.807, 2.05) is 26.0 Å². The van der Waals surface area contributed by atoms with Crippen molar-refractivity contribution in [2.75, 3.05) is 13.2 Å². The van der Waals surface area contributed by atoms with Crippen molar-refractivity contribution in [2.24, 2.45) is 5.41 Å². The molecule has 2 N–H and O–H groups in total. The monoisotopic (exact) mass is 279 g/mol. The van der Waals surface area contributed by atoms with E-state index in [1.54, 1.807) is 0 Å². The molecule has 0 aliphatic rings. The van der Waals surface area contributed by atoms with Crippen LogP contribution in [0.25, 0.3) is 0 Å². The summed E-state index contributed by atoms with van der Waals surface area (Å²) in [6, 6.07) is 8.54. The molecule has 0 aliphatic carbocycles. The Labute approximate surface area is 123 Å². The molecule has 0 aliphatic heterocycles. The molecule has 1 rings (SSSR count). The van der Waals surface area contributed by atoms with Gasteiger partial charge in [-0.15, -0.1) is 0 Å². The number of hydrogen-bond donors (Lipinski definition) is 2. The molecule has 0 aromatic heterocycles. The highest BCUT2D eigenvalue weighted by atomic mass is 16.5. The molecule has 0 amide bonds. The lowest BCUT2D eigenvalue weighted by Gasteiger charge is -2.26. The van der Waals surface area contributed by atoms with E-state index in [2.05, 4.69) is 38.2 Å². The van der Waals surface area contributed by atoms with Crippen molar-refractivity contribution >= 4 is 0 Å². The van der Waals surface area contributed by atoms with Gasteiger partial charge in [0.25, 0.3) is 0 Å². The number of rotatable bonds is 8. The molecule has 0 heterocycles. The Kier molecular flexibility index (Phi) is 6.50. The molecular formula is C17H29NO2. The van der Waals surface area contributed by atoms with Crippen LogP contribution in [0.2, 0.25) is 0 Å². The predicted octanol–water partition coefficient (Wildman–Crippen LogP) is 3.53. The molecule has 3 nitrogen and oxygen atoms in total. The third-order valence-electron chi connectivity index (χ3n) is 3.43. The van der Waals surface area contributed by atoms with Crippen molar-refractivity contribution in [3.63, 3.8) is 0 Å². The van der Waals surface area contributed by atoms with Crippen LogP contribution in [0.15, 0.2) is 24.3 Å². The van der Waals surface area contributed by atoms with Crippen molar-refractivity contribution in [3.05, 3.63) is 29.8 Å². The summed E-state index contributed by atoms with van der Waals surface area (Å²) >= 11 is 0. The fourth-order valence-corrected chi connectivity index (χ4v) is 2.05. The van der Waals surface area contributed by atoms with Crippen molar-refractivity contribution in [1.29, 1.82) is 0 Å². The van der Waals surface area contributed by atoms with Crippen LogP contribution in [0, 0.1) is 5.41 Å². The van der Waals surface area contributed by atoms with Crippen LogP contribution in [0.3, 0.4) is 0 Å². The second-order valence-corrected chi connectivity index (χ2v) is 6.48. The Bertz CT molecular complexity index is 384. The largest absolute Gasteiger partial charge is 0.491 e. The molecule has 114 valence electrons. The van der Waals surface area contributed by atoms with Gasteiger partial charge in [0.1, 0.15) is 5.75 Å².